The third kappa shape index (κ3) is 3.85. The van der Waals surface area contributed by atoms with Crippen LogP contribution >= 0.6 is 0 Å². The van der Waals surface area contributed by atoms with E-state index in [1.54, 1.807) is 28.0 Å². The number of hydrogen-bond donors (Lipinski definition) is 1. The molecule has 21 heavy (non-hydrogen) atoms. The average molecular weight is 318 g/mol. The smallest absolute Gasteiger partial charge is 0.246 e. The summed E-state index contributed by atoms with van der Waals surface area (Å²) in [5, 5.41) is 3.16. The number of nitrogens with zero attached hydrogens (tertiary/aromatic N) is 1. The molecule has 7 heteroatoms. The topological polar surface area (TPSA) is 71.8 Å². The lowest BCUT2D eigenvalue weighted by atomic mass is 10.2. The maximum atomic E-state index is 12.8. The lowest BCUT2D eigenvalue weighted by Crippen LogP contribution is -2.38. The molecule has 0 aromatic carbocycles. The zero-order chi connectivity index (χ0) is 16.2. The highest BCUT2D eigenvalue weighted by atomic mass is 32.2. The van der Waals surface area contributed by atoms with Crippen molar-refractivity contribution in [1.29, 1.82) is 0 Å². The van der Waals surface area contributed by atoms with Crippen molar-refractivity contribution in [2.24, 2.45) is 0 Å². The molecule has 0 spiro atoms. The van der Waals surface area contributed by atoms with E-state index in [-0.39, 0.29) is 10.9 Å². The van der Waals surface area contributed by atoms with Gasteiger partial charge in [-0.25, -0.2) is 8.42 Å². The van der Waals surface area contributed by atoms with Crippen LogP contribution in [0, 0.1) is 13.8 Å². The number of rotatable bonds is 8. The van der Waals surface area contributed by atoms with Crippen molar-refractivity contribution in [2.45, 2.75) is 45.2 Å². The van der Waals surface area contributed by atoms with Crippen LogP contribution in [0.25, 0.3) is 0 Å². The molecule has 1 atom stereocenters. The molecule has 0 aliphatic carbocycles. The van der Waals surface area contributed by atoms with Crippen LogP contribution in [-0.2, 0) is 21.3 Å². The lowest BCUT2D eigenvalue weighted by molar-refractivity contribution is 0.149. The predicted octanol–water partition coefficient (Wildman–Crippen LogP) is 1.66. The molecule has 1 heterocycles. The van der Waals surface area contributed by atoms with Gasteiger partial charge in [-0.1, -0.05) is 6.92 Å². The van der Waals surface area contributed by atoms with Gasteiger partial charge in [-0.2, -0.15) is 4.31 Å². The van der Waals surface area contributed by atoms with Gasteiger partial charge in [0.1, 0.15) is 16.4 Å². The number of likely N-dealkylation sites (N-methyl/N-ethyl adjacent to an activating group) is 1. The molecular weight excluding hydrogens is 292 g/mol. The van der Waals surface area contributed by atoms with Gasteiger partial charge < -0.3 is 14.5 Å². The first-order valence-electron chi connectivity index (χ1n) is 7.03. The second kappa shape index (κ2) is 7.40. The summed E-state index contributed by atoms with van der Waals surface area (Å²) >= 11 is 0. The van der Waals surface area contributed by atoms with Gasteiger partial charge in [0, 0.05) is 32.3 Å². The van der Waals surface area contributed by atoms with Crippen molar-refractivity contribution >= 4 is 10.0 Å². The Bertz CT molecular complexity index is 566. The monoisotopic (exact) mass is 318 g/mol. The maximum Gasteiger partial charge on any atom is 0.246 e. The third-order valence-electron chi connectivity index (χ3n) is 3.54. The van der Waals surface area contributed by atoms with Gasteiger partial charge >= 0.3 is 0 Å². The molecule has 0 fully saturated rings. The molecule has 0 saturated heterocycles. The van der Waals surface area contributed by atoms with Gasteiger partial charge in [0.2, 0.25) is 10.0 Å². The Morgan fingerprint density at radius 1 is 1.33 bits per heavy atom. The molecule has 1 rings (SSSR count). The van der Waals surface area contributed by atoms with E-state index >= 15 is 0 Å². The molecule has 0 radical (unpaired) electrons. The van der Waals surface area contributed by atoms with E-state index in [4.69, 9.17) is 9.15 Å². The Labute approximate surface area is 127 Å². The zero-order valence-corrected chi connectivity index (χ0v) is 14.5. The van der Waals surface area contributed by atoms with Crippen LogP contribution in [0.2, 0.25) is 0 Å². The van der Waals surface area contributed by atoms with E-state index in [2.05, 4.69) is 5.32 Å². The fourth-order valence-corrected chi connectivity index (χ4v) is 3.98. The summed E-state index contributed by atoms with van der Waals surface area (Å²) in [5.74, 6) is 1.07. The molecule has 0 bridgehead atoms. The molecular formula is C14H26N2O4S. The maximum absolute atomic E-state index is 12.8. The number of ether oxygens (including phenoxy) is 1. The molecule has 122 valence electrons. The summed E-state index contributed by atoms with van der Waals surface area (Å²) in [6.45, 7) is 8.84. The number of aryl methyl sites for hydroxylation is 2. The SMILES string of the molecule is CCNCc1c(C)oc(C)c1S(=O)(=O)N(C)C(C)COC. The predicted molar refractivity (Wildman–Crippen MR) is 81.8 cm³/mol. The van der Waals surface area contributed by atoms with Crippen molar-refractivity contribution in [3.63, 3.8) is 0 Å². The van der Waals surface area contributed by atoms with E-state index in [1.807, 2.05) is 13.8 Å². The van der Waals surface area contributed by atoms with Crippen LogP contribution in [0.3, 0.4) is 0 Å². The number of nitrogens with one attached hydrogen (secondary N) is 1. The summed E-state index contributed by atoms with van der Waals surface area (Å²) in [6, 6.07) is -0.249. The number of sulfonamides is 1. The fourth-order valence-electron chi connectivity index (χ4n) is 2.23. The Balaban J connectivity index is 3.24. The normalized spacial score (nSPS) is 13.9. The van der Waals surface area contributed by atoms with E-state index < -0.39 is 10.0 Å². The molecule has 0 amide bonds. The van der Waals surface area contributed by atoms with E-state index in [9.17, 15) is 8.42 Å². The highest BCUT2D eigenvalue weighted by molar-refractivity contribution is 7.89. The van der Waals surface area contributed by atoms with Crippen molar-refractivity contribution in [2.75, 3.05) is 27.3 Å². The molecule has 1 aromatic rings. The zero-order valence-electron chi connectivity index (χ0n) is 13.7. The minimum atomic E-state index is -3.61. The van der Waals surface area contributed by atoms with Crippen LogP contribution in [0.1, 0.15) is 30.9 Å². The van der Waals surface area contributed by atoms with E-state index in [0.717, 1.165) is 6.54 Å². The summed E-state index contributed by atoms with van der Waals surface area (Å²) in [7, 11) is -0.488. The Kier molecular flexibility index (Phi) is 6.40. The van der Waals surface area contributed by atoms with Crippen LogP contribution in [0.5, 0.6) is 0 Å². The van der Waals surface area contributed by atoms with Gasteiger partial charge in [0.15, 0.2) is 0 Å². The Hall–Kier alpha value is -0.890. The second-order valence-corrected chi connectivity index (χ2v) is 7.06. The quantitative estimate of drug-likeness (QED) is 0.789. The first-order chi connectivity index (χ1) is 9.77. The van der Waals surface area contributed by atoms with Gasteiger partial charge in [-0.05, 0) is 27.3 Å². The molecule has 1 unspecified atom stereocenters. The molecule has 6 nitrogen and oxygen atoms in total. The first-order valence-corrected chi connectivity index (χ1v) is 8.47. The van der Waals surface area contributed by atoms with Crippen molar-refractivity contribution in [3.05, 3.63) is 17.1 Å². The van der Waals surface area contributed by atoms with Crippen molar-refractivity contribution in [1.82, 2.24) is 9.62 Å². The lowest BCUT2D eigenvalue weighted by Gasteiger charge is -2.24. The van der Waals surface area contributed by atoms with Crippen molar-refractivity contribution in [3.8, 4) is 0 Å². The third-order valence-corrected chi connectivity index (χ3v) is 5.71. The van der Waals surface area contributed by atoms with Crippen LogP contribution < -0.4 is 5.32 Å². The van der Waals surface area contributed by atoms with Crippen LogP contribution in [-0.4, -0.2) is 46.1 Å². The highest BCUT2D eigenvalue weighted by Crippen LogP contribution is 2.29. The molecule has 1 aromatic heterocycles. The largest absolute Gasteiger partial charge is 0.465 e. The second-order valence-electron chi connectivity index (χ2n) is 5.13. The minimum Gasteiger partial charge on any atom is -0.465 e. The summed E-state index contributed by atoms with van der Waals surface area (Å²) in [6.07, 6.45) is 0. The Morgan fingerprint density at radius 2 is 1.95 bits per heavy atom. The standard InChI is InChI=1S/C14H26N2O4S/c1-7-15-8-13-11(3)20-12(4)14(13)21(17,18)16(5)10(2)9-19-6/h10,15H,7-9H2,1-6H3. The van der Waals surface area contributed by atoms with Gasteiger partial charge in [-0.3, -0.25) is 0 Å². The number of methoxy groups -OCH3 is 1. The van der Waals surface area contributed by atoms with Crippen molar-refractivity contribution < 1.29 is 17.6 Å². The fraction of sp³-hybridized carbons (Fsp3) is 0.714. The molecule has 0 saturated carbocycles. The number of furan rings is 1. The molecule has 1 N–H and O–H groups in total. The van der Waals surface area contributed by atoms with Gasteiger partial charge in [0.25, 0.3) is 0 Å². The molecule has 0 aliphatic heterocycles. The van der Waals surface area contributed by atoms with Gasteiger partial charge in [0.05, 0.1) is 6.61 Å². The summed E-state index contributed by atoms with van der Waals surface area (Å²) in [4.78, 5) is 0.270. The first kappa shape index (κ1) is 18.2. The Morgan fingerprint density at radius 3 is 2.48 bits per heavy atom. The van der Waals surface area contributed by atoms with Crippen LogP contribution in [0.15, 0.2) is 9.31 Å². The van der Waals surface area contributed by atoms with E-state index in [1.165, 1.54) is 4.31 Å². The number of hydrogen-bond acceptors (Lipinski definition) is 5. The van der Waals surface area contributed by atoms with Gasteiger partial charge in [-0.15, -0.1) is 0 Å². The summed E-state index contributed by atoms with van der Waals surface area (Å²) in [5.41, 5.74) is 0.700. The van der Waals surface area contributed by atoms with Crippen LogP contribution in [0.4, 0.5) is 0 Å². The average Bonchev–Trinajstić information content (AvgIpc) is 2.70. The highest BCUT2D eigenvalue weighted by Gasteiger charge is 2.32. The summed E-state index contributed by atoms with van der Waals surface area (Å²) < 4.78 is 37.6. The molecule has 0 aliphatic rings. The van der Waals surface area contributed by atoms with E-state index in [0.29, 0.717) is 30.2 Å². The minimum absolute atomic E-state index is 0.249.